The van der Waals surface area contributed by atoms with Crippen LogP contribution in [0.1, 0.15) is 45.1 Å². The van der Waals surface area contributed by atoms with E-state index in [1.807, 2.05) is 17.0 Å². The van der Waals surface area contributed by atoms with Crippen LogP contribution >= 0.6 is 0 Å². The average molecular weight is 420 g/mol. The maximum Gasteiger partial charge on any atom is 0.228 e. The second-order valence-electron chi connectivity index (χ2n) is 9.33. The number of hydrogen-bond donors (Lipinski definition) is 1. The lowest BCUT2D eigenvalue weighted by molar-refractivity contribution is -0.142. The van der Waals surface area contributed by atoms with Gasteiger partial charge in [-0.25, -0.2) is 0 Å². The number of carbonyl (C=O) groups excluding carboxylic acids is 2. The Morgan fingerprint density at radius 1 is 1.13 bits per heavy atom. The van der Waals surface area contributed by atoms with Gasteiger partial charge in [-0.3, -0.25) is 14.6 Å². The predicted molar refractivity (Wildman–Crippen MR) is 122 cm³/mol. The van der Waals surface area contributed by atoms with Gasteiger partial charge in [-0.2, -0.15) is 0 Å². The molecule has 2 aromatic rings. The van der Waals surface area contributed by atoms with Crippen molar-refractivity contribution in [2.75, 3.05) is 19.6 Å². The van der Waals surface area contributed by atoms with Crippen molar-refractivity contribution in [3.05, 3.63) is 54.4 Å². The first kappa shape index (κ1) is 21.5. The molecule has 2 amide bonds. The van der Waals surface area contributed by atoms with Crippen molar-refractivity contribution in [2.24, 2.45) is 17.3 Å². The molecule has 0 bridgehead atoms. The Kier molecular flexibility index (Phi) is 6.40. The molecule has 1 saturated heterocycles. The van der Waals surface area contributed by atoms with Gasteiger partial charge < -0.3 is 10.2 Å². The molecule has 0 radical (unpaired) electrons. The number of benzene rings is 1. The fourth-order valence-corrected chi connectivity index (χ4v) is 4.81. The van der Waals surface area contributed by atoms with Crippen LogP contribution in [0.5, 0.6) is 0 Å². The second-order valence-corrected chi connectivity index (χ2v) is 9.33. The molecule has 0 unspecified atom stereocenters. The fourth-order valence-electron chi connectivity index (χ4n) is 4.81. The van der Waals surface area contributed by atoms with Crippen LogP contribution in [0.4, 0.5) is 0 Å². The standard InChI is InChI=1S/C26H33N3O2/c1-3-12-28-25(31)26(11-4-15-29(18-26)24(30)23-16-19(23)2)17-20-5-7-21(8-6-20)22-9-13-27-14-10-22/h5-10,13-14,19,23H,3-4,11-12,15-18H2,1-2H3,(H,28,31)/t19-,23-,26-/m0/s1. The Morgan fingerprint density at radius 2 is 1.81 bits per heavy atom. The number of hydrogen-bond acceptors (Lipinski definition) is 3. The van der Waals surface area contributed by atoms with Gasteiger partial charge in [-0.1, -0.05) is 38.1 Å². The molecule has 1 aromatic heterocycles. The van der Waals surface area contributed by atoms with E-state index in [0.29, 0.717) is 25.4 Å². The van der Waals surface area contributed by atoms with E-state index in [4.69, 9.17) is 0 Å². The van der Waals surface area contributed by atoms with E-state index in [2.05, 4.69) is 48.4 Å². The first-order valence-corrected chi connectivity index (χ1v) is 11.6. The average Bonchev–Trinajstić information content (AvgIpc) is 3.54. The predicted octanol–water partition coefficient (Wildman–Crippen LogP) is 4.08. The molecule has 2 aliphatic rings. The lowest BCUT2D eigenvalue weighted by Crippen LogP contribution is -2.55. The van der Waals surface area contributed by atoms with Gasteiger partial charge >= 0.3 is 0 Å². The third-order valence-electron chi connectivity index (χ3n) is 6.84. The van der Waals surface area contributed by atoms with Gasteiger partial charge in [0, 0.05) is 37.9 Å². The SMILES string of the molecule is CCCNC(=O)[C@]1(Cc2ccc(-c3ccncc3)cc2)CCCN(C(=O)[C@H]2C[C@@H]2C)C1. The van der Waals surface area contributed by atoms with Gasteiger partial charge in [-0.15, -0.1) is 0 Å². The van der Waals surface area contributed by atoms with Crippen LogP contribution in [0.25, 0.3) is 11.1 Å². The van der Waals surface area contributed by atoms with Crippen molar-refractivity contribution in [3.8, 4) is 11.1 Å². The summed E-state index contributed by atoms with van der Waals surface area (Å²) in [5, 5.41) is 3.13. The first-order chi connectivity index (χ1) is 15.0. The van der Waals surface area contributed by atoms with Crippen LogP contribution in [0.3, 0.4) is 0 Å². The van der Waals surface area contributed by atoms with E-state index < -0.39 is 5.41 Å². The molecule has 5 nitrogen and oxygen atoms in total. The Bertz CT molecular complexity index is 912. The van der Waals surface area contributed by atoms with Crippen molar-refractivity contribution >= 4 is 11.8 Å². The first-order valence-electron chi connectivity index (χ1n) is 11.6. The van der Waals surface area contributed by atoms with Crippen LogP contribution in [0.15, 0.2) is 48.8 Å². The molecule has 2 heterocycles. The molecule has 1 aliphatic heterocycles. The topological polar surface area (TPSA) is 62.3 Å². The van der Waals surface area contributed by atoms with Gasteiger partial charge in [0.1, 0.15) is 0 Å². The maximum absolute atomic E-state index is 13.3. The van der Waals surface area contributed by atoms with E-state index in [0.717, 1.165) is 48.9 Å². The molecule has 3 atom stereocenters. The van der Waals surface area contributed by atoms with Gasteiger partial charge in [0.05, 0.1) is 5.41 Å². The number of carbonyl (C=O) groups is 2. The summed E-state index contributed by atoms with van der Waals surface area (Å²) in [5.74, 6) is 0.981. The maximum atomic E-state index is 13.3. The van der Waals surface area contributed by atoms with Crippen LogP contribution in [-0.2, 0) is 16.0 Å². The van der Waals surface area contributed by atoms with Gasteiger partial charge in [-0.05, 0) is 66.8 Å². The zero-order valence-electron chi connectivity index (χ0n) is 18.6. The minimum Gasteiger partial charge on any atom is -0.356 e. The van der Waals surface area contributed by atoms with Crippen molar-refractivity contribution in [1.82, 2.24) is 15.2 Å². The Balaban J connectivity index is 1.54. The smallest absolute Gasteiger partial charge is 0.228 e. The highest BCUT2D eigenvalue weighted by Gasteiger charge is 2.47. The number of rotatable bonds is 7. The molecule has 2 fully saturated rings. The zero-order chi connectivity index (χ0) is 21.8. The van der Waals surface area contributed by atoms with E-state index in [1.165, 1.54) is 0 Å². The quantitative estimate of drug-likeness (QED) is 0.735. The lowest BCUT2D eigenvalue weighted by atomic mass is 9.74. The zero-order valence-corrected chi connectivity index (χ0v) is 18.6. The molecule has 1 N–H and O–H groups in total. The van der Waals surface area contributed by atoms with Crippen molar-refractivity contribution in [1.29, 1.82) is 0 Å². The molecule has 1 saturated carbocycles. The molecule has 5 heteroatoms. The fraction of sp³-hybridized carbons (Fsp3) is 0.500. The van der Waals surface area contributed by atoms with Crippen molar-refractivity contribution in [3.63, 3.8) is 0 Å². The van der Waals surface area contributed by atoms with Gasteiger partial charge in [0.25, 0.3) is 0 Å². The normalized spacial score (nSPS) is 25.2. The van der Waals surface area contributed by atoms with Crippen LogP contribution in [0, 0.1) is 17.3 Å². The summed E-state index contributed by atoms with van der Waals surface area (Å²) in [6.07, 6.45) is 7.84. The Hall–Kier alpha value is -2.69. The number of aromatic nitrogens is 1. The summed E-state index contributed by atoms with van der Waals surface area (Å²) in [6.45, 7) is 6.17. The van der Waals surface area contributed by atoms with E-state index >= 15 is 0 Å². The van der Waals surface area contributed by atoms with E-state index in [-0.39, 0.29) is 17.7 Å². The Labute approximate surface area is 185 Å². The summed E-state index contributed by atoms with van der Waals surface area (Å²) in [6, 6.07) is 12.5. The molecule has 1 aliphatic carbocycles. The summed E-state index contributed by atoms with van der Waals surface area (Å²) in [7, 11) is 0. The monoisotopic (exact) mass is 419 g/mol. The van der Waals surface area contributed by atoms with Gasteiger partial charge in [0.2, 0.25) is 11.8 Å². The number of pyridine rings is 1. The molecular weight excluding hydrogens is 386 g/mol. The number of nitrogens with zero attached hydrogens (tertiary/aromatic N) is 2. The number of likely N-dealkylation sites (tertiary alicyclic amines) is 1. The number of nitrogens with one attached hydrogen (secondary N) is 1. The molecule has 1 aromatic carbocycles. The van der Waals surface area contributed by atoms with Crippen molar-refractivity contribution in [2.45, 2.75) is 46.0 Å². The third kappa shape index (κ3) is 4.81. The third-order valence-corrected chi connectivity index (χ3v) is 6.84. The highest BCUT2D eigenvalue weighted by atomic mass is 16.2. The van der Waals surface area contributed by atoms with Crippen molar-refractivity contribution < 1.29 is 9.59 Å². The Morgan fingerprint density at radius 3 is 2.45 bits per heavy atom. The summed E-state index contributed by atoms with van der Waals surface area (Å²) < 4.78 is 0. The molecule has 0 spiro atoms. The van der Waals surface area contributed by atoms with E-state index in [1.54, 1.807) is 12.4 Å². The summed E-state index contributed by atoms with van der Waals surface area (Å²) in [4.78, 5) is 32.3. The molecular formula is C26H33N3O2. The highest BCUT2D eigenvalue weighted by molar-refractivity contribution is 5.86. The molecule has 31 heavy (non-hydrogen) atoms. The minimum absolute atomic E-state index is 0.0916. The van der Waals surface area contributed by atoms with Gasteiger partial charge in [0.15, 0.2) is 0 Å². The molecule has 164 valence electrons. The van der Waals surface area contributed by atoms with E-state index in [9.17, 15) is 9.59 Å². The largest absolute Gasteiger partial charge is 0.356 e. The summed E-state index contributed by atoms with van der Waals surface area (Å²) in [5.41, 5.74) is 2.85. The second kappa shape index (κ2) is 9.21. The van der Waals surface area contributed by atoms with Crippen LogP contribution in [0.2, 0.25) is 0 Å². The van der Waals surface area contributed by atoms with Crippen LogP contribution < -0.4 is 5.32 Å². The highest BCUT2D eigenvalue weighted by Crippen LogP contribution is 2.42. The number of amides is 2. The lowest BCUT2D eigenvalue weighted by Gasteiger charge is -2.42. The van der Waals surface area contributed by atoms with Crippen LogP contribution in [-0.4, -0.2) is 41.3 Å². The minimum atomic E-state index is -0.556. The molecule has 4 rings (SSSR count). The summed E-state index contributed by atoms with van der Waals surface area (Å²) >= 11 is 0. The number of piperidine rings is 1.